The monoisotopic (exact) mass is 291 g/mol. The number of carboxylic acid groups (broad SMARTS) is 4. The molecule has 6 N–H and O–H groups in total. The Labute approximate surface area is 112 Å². The first kappa shape index (κ1) is 22.0. The van der Waals surface area contributed by atoms with E-state index in [-0.39, 0.29) is 5.91 Å². The molecule has 0 saturated heterocycles. The molecule has 0 aromatic carbocycles. The van der Waals surface area contributed by atoms with Gasteiger partial charge in [-0.2, -0.15) is 0 Å². The summed E-state index contributed by atoms with van der Waals surface area (Å²) in [6, 6.07) is 0. The van der Waals surface area contributed by atoms with E-state index in [0.29, 0.717) is 24.3 Å². The predicted molar refractivity (Wildman–Crippen MR) is 63.7 cm³/mol. The van der Waals surface area contributed by atoms with Gasteiger partial charge >= 0.3 is 23.9 Å². The summed E-state index contributed by atoms with van der Waals surface area (Å²) in [5, 5.41) is 31.2. The van der Waals surface area contributed by atoms with Gasteiger partial charge in [0, 0.05) is 31.2 Å². The summed E-state index contributed by atoms with van der Waals surface area (Å²) in [5.74, 6) is -5.36. The van der Waals surface area contributed by atoms with Gasteiger partial charge in [-0.3, -0.25) is 4.79 Å². The molecule has 0 aliphatic heterocycles. The maximum absolute atomic E-state index is 9.55. The fourth-order valence-electron chi connectivity index (χ4n) is 0.285. The Balaban J connectivity index is -0.000000230. The zero-order valence-electron chi connectivity index (χ0n) is 10.2. The van der Waals surface area contributed by atoms with Crippen LogP contribution in [0.1, 0.15) is 6.92 Å². The van der Waals surface area contributed by atoms with Gasteiger partial charge in [-0.25, -0.2) is 19.2 Å². The van der Waals surface area contributed by atoms with Gasteiger partial charge in [0.15, 0.2) is 0 Å². The van der Waals surface area contributed by atoms with Crippen molar-refractivity contribution in [1.29, 1.82) is 0 Å². The van der Waals surface area contributed by atoms with E-state index in [9.17, 15) is 24.0 Å². The molecule has 0 fully saturated rings. The van der Waals surface area contributed by atoms with Crippen molar-refractivity contribution >= 4 is 29.8 Å². The van der Waals surface area contributed by atoms with Crippen LogP contribution in [-0.2, 0) is 24.0 Å². The second-order valence-corrected chi connectivity index (χ2v) is 2.63. The Morgan fingerprint density at radius 3 is 0.800 bits per heavy atom. The number of nitrogens with two attached hydrogens (primary N) is 1. The van der Waals surface area contributed by atoms with Gasteiger partial charge in [-0.1, -0.05) is 0 Å². The lowest BCUT2D eigenvalue weighted by atomic mass is 10.5. The van der Waals surface area contributed by atoms with Crippen molar-refractivity contribution in [3.63, 3.8) is 0 Å². The third kappa shape index (κ3) is 60.8. The quantitative estimate of drug-likeness (QED) is 0.400. The van der Waals surface area contributed by atoms with Gasteiger partial charge in [0.1, 0.15) is 0 Å². The minimum absolute atomic E-state index is 0.333. The van der Waals surface area contributed by atoms with Crippen LogP contribution in [0, 0.1) is 0 Å². The molecule has 0 saturated carbocycles. The smallest absolute Gasteiger partial charge is 0.328 e. The predicted octanol–water partition coefficient (Wildman–Crippen LogP) is -1.08. The van der Waals surface area contributed by atoms with Crippen LogP contribution < -0.4 is 5.73 Å². The largest absolute Gasteiger partial charge is 0.478 e. The summed E-state index contributed by atoms with van der Waals surface area (Å²) < 4.78 is 0. The highest BCUT2D eigenvalue weighted by Gasteiger charge is 1.88. The Morgan fingerprint density at radius 1 is 0.650 bits per heavy atom. The molecule has 0 spiro atoms. The molecule has 0 aromatic heterocycles. The van der Waals surface area contributed by atoms with Crippen molar-refractivity contribution in [2.24, 2.45) is 5.73 Å². The SMILES string of the molecule is CC(N)=O.O=C(O)/C=C\C(=O)O.O=C(O)/C=C\C(=O)O. The van der Waals surface area contributed by atoms with E-state index in [4.69, 9.17) is 20.4 Å². The highest BCUT2D eigenvalue weighted by atomic mass is 16.4. The van der Waals surface area contributed by atoms with Crippen LogP contribution in [0.25, 0.3) is 0 Å². The lowest BCUT2D eigenvalue weighted by molar-refractivity contribution is -0.134. The first-order valence-electron chi connectivity index (χ1n) is 4.53. The van der Waals surface area contributed by atoms with E-state index in [1.165, 1.54) is 6.92 Å². The van der Waals surface area contributed by atoms with E-state index in [2.05, 4.69) is 5.73 Å². The zero-order chi connectivity index (χ0) is 16.7. The molecule has 0 atom stereocenters. The Morgan fingerprint density at radius 2 is 0.750 bits per heavy atom. The molecule has 0 bridgehead atoms. The van der Waals surface area contributed by atoms with Gasteiger partial charge < -0.3 is 26.2 Å². The highest BCUT2D eigenvalue weighted by molar-refractivity contribution is 5.90. The van der Waals surface area contributed by atoms with Crippen LogP contribution in [0.5, 0.6) is 0 Å². The van der Waals surface area contributed by atoms with E-state index >= 15 is 0 Å². The molecule has 0 radical (unpaired) electrons. The second kappa shape index (κ2) is 13.9. The number of primary amides is 1. The average molecular weight is 291 g/mol. The molecule has 10 nitrogen and oxygen atoms in total. The number of rotatable bonds is 4. The topological polar surface area (TPSA) is 192 Å². The second-order valence-electron chi connectivity index (χ2n) is 2.63. The molecule has 0 heterocycles. The fourth-order valence-corrected chi connectivity index (χ4v) is 0.285. The Bertz CT molecular complexity index is 352. The standard InChI is InChI=1S/2C4H4O4.C2H5NO/c2*5-3(6)1-2-4(7)8;1-2(3)4/h2*1-2H,(H,5,6)(H,7,8);1H3,(H2,3,4)/b2*2-1-;. The molecular weight excluding hydrogens is 278 g/mol. The normalized spacial score (nSPS) is 8.85. The lowest BCUT2D eigenvalue weighted by Crippen LogP contribution is -2.01. The third-order valence-corrected chi connectivity index (χ3v) is 0.737. The molecule has 10 heteroatoms. The van der Waals surface area contributed by atoms with E-state index in [1.54, 1.807) is 0 Å². The lowest BCUT2D eigenvalue weighted by Gasteiger charge is -1.74. The number of aliphatic carboxylic acids is 4. The van der Waals surface area contributed by atoms with Crippen LogP contribution in [0.3, 0.4) is 0 Å². The molecule has 0 aromatic rings. The summed E-state index contributed by atoms with van der Waals surface area (Å²) in [7, 11) is 0. The van der Waals surface area contributed by atoms with Crippen LogP contribution in [0.4, 0.5) is 0 Å². The zero-order valence-corrected chi connectivity index (χ0v) is 10.2. The summed E-state index contributed by atoms with van der Waals surface area (Å²) >= 11 is 0. The molecule has 0 rings (SSSR count). The molecule has 20 heavy (non-hydrogen) atoms. The van der Waals surface area contributed by atoms with Gasteiger partial charge in [-0.05, 0) is 0 Å². The van der Waals surface area contributed by atoms with Crippen molar-refractivity contribution in [3.05, 3.63) is 24.3 Å². The molecule has 0 unspecified atom stereocenters. The summed E-state index contributed by atoms with van der Waals surface area (Å²) in [6.45, 7) is 1.31. The van der Waals surface area contributed by atoms with Crippen LogP contribution >= 0.6 is 0 Å². The van der Waals surface area contributed by atoms with Crippen molar-refractivity contribution in [3.8, 4) is 0 Å². The van der Waals surface area contributed by atoms with Crippen LogP contribution in [-0.4, -0.2) is 50.2 Å². The van der Waals surface area contributed by atoms with Crippen LogP contribution in [0.2, 0.25) is 0 Å². The first-order chi connectivity index (χ1) is 8.98. The van der Waals surface area contributed by atoms with Crippen molar-refractivity contribution in [1.82, 2.24) is 0 Å². The third-order valence-electron chi connectivity index (χ3n) is 0.737. The summed E-state index contributed by atoms with van der Waals surface area (Å²) in [6.07, 6.45) is 2.23. The number of hydrogen-bond donors (Lipinski definition) is 5. The van der Waals surface area contributed by atoms with Crippen LogP contribution in [0.15, 0.2) is 24.3 Å². The van der Waals surface area contributed by atoms with Gasteiger partial charge in [0.25, 0.3) is 0 Å². The van der Waals surface area contributed by atoms with Gasteiger partial charge in [0.2, 0.25) is 5.91 Å². The minimum atomic E-state index is -1.26. The maximum Gasteiger partial charge on any atom is 0.328 e. The van der Waals surface area contributed by atoms with Crippen molar-refractivity contribution in [2.45, 2.75) is 6.92 Å². The number of carbonyl (C=O) groups excluding carboxylic acids is 1. The molecule has 0 aliphatic carbocycles. The number of carboxylic acids is 4. The number of amides is 1. The molecule has 0 aliphatic rings. The van der Waals surface area contributed by atoms with E-state index in [0.717, 1.165) is 0 Å². The van der Waals surface area contributed by atoms with Crippen molar-refractivity contribution < 1.29 is 44.4 Å². The summed E-state index contributed by atoms with van der Waals surface area (Å²) in [5.41, 5.74) is 4.47. The van der Waals surface area contributed by atoms with Crippen molar-refractivity contribution in [2.75, 3.05) is 0 Å². The van der Waals surface area contributed by atoms with Gasteiger partial charge in [0.05, 0.1) is 0 Å². The Kier molecular flexibility index (Phi) is 15.3. The average Bonchev–Trinajstić information content (AvgIpc) is 2.23. The highest BCUT2D eigenvalue weighted by Crippen LogP contribution is 1.71. The van der Waals surface area contributed by atoms with E-state index < -0.39 is 23.9 Å². The summed E-state index contributed by atoms with van der Waals surface area (Å²) in [4.78, 5) is 47.4. The number of carbonyl (C=O) groups is 5. The number of hydrogen-bond acceptors (Lipinski definition) is 5. The minimum Gasteiger partial charge on any atom is -0.478 e. The Hall–Kier alpha value is -3.17. The van der Waals surface area contributed by atoms with Gasteiger partial charge in [-0.15, -0.1) is 0 Å². The molecule has 112 valence electrons. The fraction of sp³-hybridized carbons (Fsp3) is 0.100. The first-order valence-corrected chi connectivity index (χ1v) is 4.53. The molecular formula is C10H13NO9. The maximum atomic E-state index is 9.55. The molecule has 1 amide bonds. The van der Waals surface area contributed by atoms with E-state index in [1.807, 2.05) is 0 Å².